The maximum Gasteiger partial charge on any atom is 0.414 e. The molecule has 0 bridgehead atoms. The number of nitrogen functional groups attached to an aromatic ring is 1. The van der Waals surface area contributed by atoms with E-state index >= 15 is 0 Å². The topological polar surface area (TPSA) is 35.2 Å². The van der Waals surface area contributed by atoms with Crippen LogP contribution in [-0.4, -0.2) is 12.3 Å². The molecule has 0 aromatic heterocycles. The molecule has 1 rings (SSSR count). The van der Waals surface area contributed by atoms with Gasteiger partial charge >= 0.3 is 6.18 Å². The number of alkyl halides is 3. The van der Waals surface area contributed by atoms with Crippen LogP contribution >= 0.6 is 0 Å². The Bertz CT molecular complexity index is 351. The second-order valence-corrected chi connectivity index (χ2v) is 3.63. The highest BCUT2D eigenvalue weighted by Crippen LogP contribution is 2.28. The van der Waals surface area contributed by atoms with Gasteiger partial charge in [0.2, 0.25) is 0 Å². The smallest absolute Gasteiger partial charge is 0.399 e. The number of anilines is 1. The van der Waals surface area contributed by atoms with E-state index in [0.29, 0.717) is 11.3 Å². The summed E-state index contributed by atoms with van der Waals surface area (Å²) in [7, 11) is 0. The van der Waals surface area contributed by atoms with Gasteiger partial charge in [-0.1, -0.05) is 12.1 Å². The van der Waals surface area contributed by atoms with Crippen LogP contribution in [0, 0.1) is 0 Å². The Balaban J connectivity index is 2.69. The predicted molar refractivity (Wildman–Crippen MR) is 55.9 cm³/mol. The number of benzene rings is 1. The van der Waals surface area contributed by atoms with Gasteiger partial charge in [0.25, 0.3) is 0 Å². The van der Waals surface area contributed by atoms with Crippen LogP contribution < -0.4 is 5.73 Å². The molecular formula is C11H14F3NO. The van der Waals surface area contributed by atoms with Crippen molar-refractivity contribution < 1.29 is 17.9 Å². The molecule has 0 amide bonds. The van der Waals surface area contributed by atoms with Crippen LogP contribution in [0.1, 0.15) is 25.5 Å². The monoisotopic (exact) mass is 233 g/mol. The summed E-state index contributed by atoms with van der Waals surface area (Å²) in [5, 5.41) is 0. The molecule has 90 valence electrons. The normalized spacial score (nSPS) is 15.8. The van der Waals surface area contributed by atoms with Crippen molar-refractivity contribution in [3.8, 4) is 0 Å². The summed E-state index contributed by atoms with van der Waals surface area (Å²) in [5.41, 5.74) is 6.68. The molecule has 0 aliphatic heterocycles. The highest BCUT2D eigenvalue weighted by molar-refractivity contribution is 5.41. The number of halogens is 3. The van der Waals surface area contributed by atoms with E-state index in [-0.39, 0.29) is 0 Å². The number of rotatable bonds is 3. The van der Waals surface area contributed by atoms with Crippen molar-refractivity contribution in [1.82, 2.24) is 0 Å². The number of ether oxygens (including phenoxy) is 1. The molecule has 1 aromatic carbocycles. The Labute approximate surface area is 92.2 Å². The Morgan fingerprint density at radius 1 is 1.25 bits per heavy atom. The fourth-order valence-corrected chi connectivity index (χ4v) is 1.27. The van der Waals surface area contributed by atoms with Gasteiger partial charge in [-0.05, 0) is 31.5 Å². The molecule has 2 N–H and O–H groups in total. The van der Waals surface area contributed by atoms with E-state index in [1.54, 1.807) is 31.2 Å². The number of hydrogen-bond donors (Lipinski definition) is 1. The van der Waals surface area contributed by atoms with E-state index in [1.165, 1.54) is 0 Å². The maximum atomic E-state index is 12.3. The van der Waals surface area contributed by atoms with Crippen LogP contribution in [0.25, 0.3) is 0 Å². The molecule has 0 aliphatic carbocycles. The zero-order valence-corrected chi connectivity index (χ0v) is 9.08. The first-order valence-electron chi connectivity index (χ1n) is 4.88. The third kappa shape index (κ3) is 3.41. The van der Waals surface area contributed by atoms with Crippen LogP contribution in [0.15, 0.2) is 24.3 Å². The van der Waals surface area contributed by atoms with Crippen molar-refractivity contribution in [3.05, 3.63) is 29.8 Å². The molecule has 0 radical (unpaired) electrons. The van der Waals surface area contributed by atoms with E-state index in [2.05, 4.69) is 0 Å². The van der Waals surface area contributed by atoms with E-state index in [1.807, 2.05) is 0 Å². The Morgan fingerprint density at radius 3 is 2.38 bits per heavy atom. The lowest BCUT2D eigenvalue weighted by atomic mass is 10.1. The molecule has 0 saturated carbocycles. The molecule has 1 aromatic rings. The minimum Gasteiger partial charge on any atom is -0.399 e. The SMILES string of the molecule is CC(OC(C)C(F)(F)F)c1cccc(N)c1. The molecular weight excluding hydrogens is 219 g/mol. The lowest BCUT2D eigenvalue weighted by Gasteiger charge is -2.21. The van der Waals surface area contributed by atoms with Crippen molar-refractivity contribution in [1.29, 1.82) is 0 Å². The lowest BCUT2D eigenvalue weighted by molar-refractivity contribution is -0.225. The molecule has 16 heavy (non-hydrogen) atoms. The van der Waals surface area contributed by atoms with Crippen LogP contribution in [0.3, 0.4) is 0 Å². The van der Waals surface area contributed by atoms with Gasteiger partial charge in [-0.2, -0.15) is 13.2 Å². The highest BCUT2D eigenvalue weighted by Gasteiger charge is 2.38. The van der Waals surface area contributed by atoms with Crippen molar-refractivity contribution in [3.63, 3.8) is 0 Å². The highest BCUT2D eigenvalue weighted by atomic mass is 19.4. The summed E-state index contributed by atoms with van der Waals surface area (Å²) in [6, 6.07) is 6.64. The van der Waals surface area contributed by atoms with E-state index < -0.39 is 18.4 Å². The zero-order chi connectivity index (χ0) is 12.3. The summed E-state index contributed by atoms with van der Waals surface area (Å²) in [6.45, 7) is 2.56. The van der Waals surface area contributed by atoms with E-state index in [0.717, 1.165) is 6.92 Å². The summed E-state index contributed by atoms with van der Waals surface area (Å²) in [6.07, 6.45) is -6.77. The number of nitrogens with two attached hydrogens (primary N) is 1. The third-order valence-electron chi connectivity index (χ3n) is 2.25. The van der Waals surface area contributed by atoms with Crippen LogP contribution in [0.4, 0.5) is 18.9 Å². The van der Waals surface area contributed by atoms with Crippen molar-refractivity contribution in [2.75, 3.05) is 5.73 Å². The average Bonchev–Trinajstić information content (AvgIpc) is 2.16. The summed E-state index contributed by atoms with van der Waals surface area (Å²) in [4.78, 5) is 0. The number of hydrogen-bond acceptors (Lipinski definition) is 2. The molecule has 2 nitrogen and oxygen atoms in total. The first-order valence-corrected chi connectivity index (χ1v) is 4.88. The van der Waals surface area contributed by atoms with E-state index in [9.17, 15) is 13.2 Å². The molecule has 0 heterocycles. The Hall–Kier alpha value is -1.23. The van der Waals surface area contributed by atoms with Crippen LogP contribution in [0.5, 0.6) is 0 Å². The maximum absolute atomic E-state index is 12.3. The van der Waals surface area contributed by atoms with Crippen LogP contribution in [-0.2, 0) is 4.74 Å². The summed E-state index contributed by atoms with van der Waals surface area (Å²) in [5.74, 6) is 0. The van der Waals surface area contributed by atoms with Gasteiger partial charge in [-0.25, -0.2) is 0 Å². The van der Waals surface area contributed by atoms with Gasteiger partial charge in [0.05, 0.1) is 6.10 Å². The first kappa shape index (κ1) is 12.8. The Morgan fingerprint density at radius 2 is 1.88 bits per heavy atom. The van der Waals surface area contributed by atoms with Gasteiger partial charge < -0.3 is 10.5 Å². The lowest BCUT2D eigenvalue weighted by Crippen LogP contribution is -2.29. The standard InChI is InChI=1S/C11H14F3NO/c1-7(16-8(2)11(12,13)14)9-4-3-5-10(15)6-9/h3-8H,15H2,1-2H3. The van der Waals surface area contributed by atoms with E-state index in [4.69, 9.17) is 10.5 Å². The molecule has 5 heteroatoms. The predicted octanol–water partition coefficient (Wildman–Crippen LogP) is 3.30. The zero-order valence-electron chi connectivity index (χ0n) is 9.08. The second-order valence-electron chi connectivity index (χ2n) is 3.63. The molecule has 0 aliphatic rings. The van der Waals surface area contributed by atoms with Gasteiger partial charge in [0.15, 0.2) is 6.10 Å². The fourth-order valence-electron chi connectivity index (χ4n) is 1.27. The second kappa shape index (κ2) is 4.74. The van der Waals surface area contributed by atoms with Gasteiger partial charge in [-0.15, -0.1) is 0 Å². The van der Waals surface area contributed by atoms with Gasteiger partial charge in [-0.3, -0.25) is 0 Å². The van der Waals surface area contributed by atoms with Gasteiger partial charge in [0.1, 0.15) is 0 Å². The summed E-state index contributed by atoms with van der Waals surface area (Å²) < 4.78 is 41.6. The Kier molecular flexibility index (Phi) is 3.80. The average molecular weight is 233 g/mol. The van der Waals surface area contributed by atoms with Crippen molar-refractivity contribution >= 4 is 5.69 Å². The quantitative estimate of drug-likeness (QED) is 0.813. The van der Waals surface area contributed by atoms with Gasteiger partial charge in [0, 0.05) is 5.69 Å². The van der Waals surface area contributed by atoms with Crippen LogP contribution in [0.2, 0.25) is 0 Å². The minimum atomic E-state index is -4.34. The molecule has 2 atom stereocenters. The molecule has 0 spiro atoms. The fraction of sp³-hybridized carbons (Fsp3) is 0.455. The molecule has 0 fully saturated rings. The first-order chi connectivity index (χ1) is 7.30. The van der Waals surface area contributed by atoms with Crippen molar-refractivity contribution in [2.24, 2.45) is 0 Å². The third-order valence-corrected chi connectivity index (χ3v) is 2.25. The molecule has 0 saturated heterocycles. The summed E-state index contributed by atoms with van der Waals surface area (Å²) >= 11 is 0. The molecule has 2 unspecified atom stereocenters. The minimum absolute atomic E-state index is 0.507. The largest absolute Gasteiger partial charge is 0.414 e. The van der Waals surface area contributed by atoms with Crippen molar-refractivity contribution in [2.45, 2.75) is 32.2 Å².